The number of aliphatic carboxylic acids is 1. The number of carboxylic acid groups (broad SMARTS) is 1. The zero-order chi connectivity index (χ0) is 42.0. The third-order valence-electron chi connectivity index (χ3n) is 5.52. The zero-order valence-corrected chi connectivity index (χ0v) is 20.0. The summed E-state index contributed by atoms with van der Waals surface area (Å²) in [6.07, 6.45) is 0.952. The molecule has 0 aliphatic carbocycles. The number of hydrogen-bond donors (Lipinski definition) is 1. The SMILES string of the molecule is [2H]CCCCN(C(=O)CN1C([2H])([2H])[C@]([2H])(c2c([2H])c([2H])c3c(c2[2H])OC([2H])([2H])O3)C(C(=O)O)[C@]1([2H])c1c([2H])c([2H])c(OC([2H])([2H])[2H])c([2H])c1[2H])C([2H])CCC. The number of carboxylic acids is 1. The van der Waals surface area contributed by atoms with Gasteiger partial charge in [0.05, 0.1) is 34.6 Å². The van der Waals surface area contributed by atoms with Crippen molar-refractivity contribution in [2.24, 2.45) is 5.92 Å². The maximum absolute atomic E-state index is 14.2. The normalized spacial score (nSPS) is 35.5. The smallest absolute Gasteiger partial charge is 0.309 e. The number of likely N-dealkylation sites (tertiary alicyclic amines) is 1. The van der Waals surface area contributed by atoms with Crippen LogP contribution in [0.4, 0.5) is 0 Å². The van der Waals surface area contributed by atoms with Gasteiger partial charge in [-0.05, 0) is 48.1 Å². The first kappa shape index (κ1) is 12.1. The summed E-state index contributed by atoms with van der Waals surface area (Å²) in [5.41, 5.74) is -2.52. The standard InChI is InChI=1S/C29H38N2O6/c1-4-6-14-30(15-7-5-2)26(32)18-31-17-23(21-10-13-24-25(16-21)37-19-36-24)27(29(33)34)28(31)20-8-11-22(35-3)12-9-20/h8-13,16,23,27-28H,4-7,14-15,17-19H2,1-3H3,(H,33,34)/t23-,27?,28+/m1/s1/i1D,3D3,8D,9D,10D,11D,12D,13D,15D,16D,17D2,19D2,23D,28D/t15?,23-,27?,28+. The zero-order valence-electron chi connectivity index (χ0n) is 38.0. The Bertz CT molecular complexity index is 1830. The Morgan fingerprint density at radius 1 is 1.22 bits per heavy atom. The van der Waals surface area contributed by atoms with Crippen molar-refractivity contribution in [3.8, 4) is 17.2 Å². The largest absolute Gasteiger partial charge is 0.497 e. The number of benzene rings is 2. The van der Waals surface area contributed by atoms with E-state index in [1.165, 1.54) is 0 Å². The van der Waals surface area contributed by atoms with Crippen LogP contribution in [0.25, 0.3) is 0 Å². The number of rotatable bonds is 12. The monoisotopic (exact) mass is 528 g/mol. The molecule has 2 aliphatic rings. The molecule has 2 heterocycles. The molecule has 2 unspecified atom stereocenters. The van der Waals surface area contributed by atoms with Gasteiger partial charge in [-0.3, -0.25) is 14.5 Å². The second-order valence-electron chi connectivity index (χ2n) is 8.04. The van der Waals surface area contributed by atoms with Gasteiger partial charge in [0.2, 0.25) is 12.7 Å². The van der Waals surface area contributed by atoms with Gasteiger partial charge in [-0.15, -0.1) is 0 Å². The van der Waals surface area contributed by atoms with E-state index in [0.29, 0.717) is 6.42 Å². The van der Waals surface area contributed by atoms with Crippen molar-refractivity contribution in [3.05, 3.63) is 53.4 Å². The van der Waals surface area contributed by atoms with Crippen LogP contribution in [0.15, 0.2) is 42.3 Å². The third kappa shape index (κ3) is 6.01. The maximum atomic E-state index is 14.2. The predicted molar refractivity (Wildman–Crippen MR) is 140 cm³/mol. The highest BCUT2D eigenvalue weighted by Crippen LogP contribution is 2.47. The van der Waals surface area contributed by atoms with Gasteiger partial charge in [0.15, 0.2) is 11.5 Å². The molecule has 2 aliphatic heterocycles. The summed E-state index contributed by atoms with van der Waals surface area (Å²) in [4.78, 5) is 28.8. The molecule has 1 amide bonds. The average molecular weight is 529 g/mol. The Morgan fingerprint density at radius 3 is 2.73 bits per heavy atom. The number of hydrogen-bond acceptors (Lipinski definition) is 6. The molecule has 0 spiro atoms. The molecule has 2 aromatic carbocycles. The molecule has 200 valence electrons. The highest BCUT2D eigenvalue weighted by molar-refractivity contribution is 5.79. The molecule has 4 atom stereocenters. The van der Waals surface area contributed by atoms with Crippen molar-refractivity contribution in [1.82, 2.24) is 9.80 Å². The van der Waals surface area contributed by atoms with E-state index in [1.54, 1.807) is 6.92 Å². The van der Waals surface area contributed by atoms with Gasteiger partial charge in [-0.2, -0.15) is 0 Å². The molecule has 8 heteroatoms. The number of fused-ring (bicyclic) bond motifs is 1. The van der Waals surface area contributed by atoms with Crippen LogP contribution in [0, 0.1) is 5.92 Å². The number of amides is 1. The lowest BCUT2D eigenvalue weighted by Crippen LogP contribution is -2.42. The summed E-state index contributed by atoms with van der Waals surface area (Å²) in [7, 11) is -3.33. The van der Waals surface area contributed by atoms with Crippen LogP contribution in [0.1, 0.15) is 87.2 Å². The Morgan fingerprint density at radius 2 is 2.00 bits per heavy atom. The fraction of sp³-hybridized carbons (Fsp3) is 0.517. The van der Waals surface area contributed by atoms with Gasteiger partial charge < -0.3 is 24.2 Å². The highest BCUT2D eigenvalue weighted by atomic mass is 16.7. The van der Waals surface area contributed by atoms with Crippen molar-refractivity contribution in [2.45, 2.75) is 51.4 Å². The summed E-state index contributed by atoms with van der Waals surface area (Å²) in [6, 6.07) is -12.3. The van der Waals surface area contributed by atoms with E-state index < -0.39 is 134 Å². The summed E-state index contributed by atoms with van der Waals surface area (Å²) in [5, 5.41) is 10.9. The van der Waals surface area contributed by atoms with Crippen LogP contribution >= 0.6 is 0 Å². The molecule has 4 rings (SSSR count). The molecule has 0 aromatic heterocycles. The van der Waals surface area contributed by atoms with E-state index in [4.69, 9.17) is 28.7 Å². The Labute approximate surface area is 244 Å². The molecule has 37 heavy (non-hydrogen) atoms. The molecular weight excluding hydrogens is 472 g/mol. The van der Waals surface area contributed by atoms with E-state index in [1.807, 2.05) is 0 Å². The van der Waals surface area contributed by atoms with Crippen molar-refractivity contribution in [3.63, 3.8) is 0 Å². The fourth-order valence-electron chi connectivity index (χ4n) is 3.76. The van der Waals surface area contributed by atoms with E-state index in [-0.39, 0.29) is 37.6 Å². The minimum absolute atomic E-state index is 0.0460. The summed E-state index contributed by atoms with van der Waals surface area (Å²) in [5.74, 6) is -13.0. The average Bonchev–Trinajstić information content (AvgIpc) is 3.46. The lowest BCUT2D eigenvalue weighted by atomic mass is 9.82. The molecule has 1 fully saturated rings. The first-order valence-corrected chi connectivity index (χ1v) is 11.5. The summed E-state index contributed by atoms with van der Waals surface area (Å²) in [6.45, 7) is -7.95. The van der Waals surface area contributed by atoms with E-state index in [9.17, 15) is 20.2 Å². The topological polar surface area (TPSA) is 88.5 Å². The number of carbonyl (C=O) groups excluding carboxylic acids is 1. The van der Waals surface area contributed by atoms with Crippen molar-refractivity contribution >= 4 is 11.9 Å². The number of methoxy groups -OCH3 is 1. The molecule has 0 radical (unpaired) electrons. The van der Waals surface area contributed by atoms with Crippen LogP contribution in [-0.2, 0) is 9.59 Å². The van der Waals surface area contributed by atoms with Crippen molar-refractivity contribution in [1.29, 1.82) is 0 Å². The van der Waals surface area contributed by atoms with Crippen LogP contribution < -0.4 is 14.2 Å². The van der Waals surface area contributed by atoms with E-state index >= 15 is 0 Å². The fourth-order valence-corrected chi connectivity index (χ4v) is 3.76. The maximum Gasteiger partial charge on any atom is 0.309 e. The molecule has 0 bridgehead atoms. The molecule has 8 nitrogen and oxygen atoms in total. The van der Waals surface area contributed by atoms with Crippen LogP contribution in [0.3, 0.4) is 0 Å². The highest BCUT2D eigenvalue weighted by Gasteiger charge is 2.48. The first-order valence-electron chi connectivity index (χ1n) is 20.8. The van der Waals surface area contributed by atoms with Crippen molar-refractivity contribution in [2.75, 3.05) is 39.9 Å². The van der Waals surface area contributed by atoms with Gasteiger partial charge in [0, 0.05) is 38.3 Å². The Kier molecular flexibility index (Phi) is 4.02. The number of nitrogens with zero attached hydrogens (tertiary/aromatic N) is 2. The molecular formula is C29H38N2O6. The van der Waals surface area contributed by atoms with Gasteiger partial charge in [0.1, 0.15) is 8.49 Å². The lowest BCUT2D eigenvalue weighted by molar-refractivity contribution is -0.144. The van der Waals surface area contributed by atoms with Crippen LogP contribution in [-0.4, -0.2) is 66.7 Å². The summed E-state index contributed by atoms with van der Waals surface area (Å²) < 4.78 is 168. The number of unbranched alkanes of at least 4 members (excludes halogenated alkanes) is 1. The van der Waals surface area contributed by atoms with Gasteiger partial charge in [-0.1, -0.05) is 44.8 Å². The second kappa shape index (κ2) is 12.3. The van der Waals surface area contributed by atoms with Crippen molar-refractivity contribution < 1.29 is 53.6 Å². The van der Waals surface area contributed by atoms with Gasteiger partial charge >= 0.3 is 5.97 Å². The molecule has 0 saturated carbocycles. The third-order valence-corrected chi connectivity index (χ3v) is 5.52. The predicted octanol–water partition coefficient (Wildman–Crippen LogP) is 4.69. The lowest BCUT2D eigenvalue weighted by Gasteiger charge is -2.30. The molecule has 1 saturated heterocycles. The Balaban J connectivity index is 2.15. The summed E-state index contributed by atoms with van der Waals surface area (Å²) >= 11 is 0. The Hall–Kier alpha value is -3.26. The van der Waals surface area contributed by atoms with Gasteiger partial charge in [0.25, 0.3) is 0 Å². The molecule has 2 aromatic rings. The minimum Gasteiger partial charge on any atom is -0.497 e. The van der Waals surface area contributed by atoms with E-state index in [2.05, 4.69) is 4.74 Å². The number of ether oxygens (including phenoxy) is 3. The minimum atomic E-state index is -3.76. The second-order valence-corrected chi connectivity index (χ2v) is 8.04. The quantitative estimate of drug-likeness (QED) is 0.400. The van der Waals surface area contributed by atoms with E-state index in [0.717, 1.165) is 4.90 Å². The van der Waals surface area contributed by atoms with Gasteiger partial charge in [-0.25, -0.2) is 0 Å². The van der Waals surface area contributed by atoms with Crippen LogP contribution in [0.2, 0.25) is 0 Å². The van der Waals surface area contributed by atoms with Crippen LogP contribution in [0.5, 0.6) is 17.2 Å². The molecule has 1 N–H and O–H groups in total. The first-order chi connectivity index (χ1) is 25.2. The number of carbonyl (C=O) groups is 2.